The molecule has 0 aliphatic rings. The lowest BCUT2D eigenvalue weighted by Gasteiger charge is -2.15. The summed E-state index contributed by atoms with van der Waals surface area (Å²) in [5.41, 5.74) is 0.817. The summed E-state index contributed by atoms with van der Waals surface area (Å²) < 4.78 is 5.09. The van der Waals surface area contributed by atoms with Crippen molar-refractivity contribution < 1.29 is 14.6 Å². The van der Waals surface area contributed by atoms with E-state index in [4.69, 9.17) is 4.74 Å². The zero-order valence-corrected chi connectivity index (χ0v) is 10.2. The van der Waals surface area contributed by atoms with Crippen LogP contribution < -0.4 is 5.32 Å². The number of hydrogen-bond acceptors (Lipinski definition) is 3. The molecular weight excluding hydrogens is 218 g/mol. The van der Waals surface area contributed by atoms with Gasteiger partial charge in [-0.1, -0.05) is 30.3 Å². The smallest absolute Gasteiger partial charge is 0.312 e. The molecule has 0 aliphatic heterocycles. The Bertz CT molecular complexity index is 340. The monoisotopic (exact) mass is 237 g/mol. The predicted octanol–water partition coefficient (Wildman–Crippen LogP) is 1.48. The summed E-state index contributed by atoms with van der Waals surface area (Å²) in [6, 6.07) is 9.25. The lowest BCUT2D eigenvalue weighted by molar-refractivity contribution is -0.138. The van der Waals surface area contributed by atoms with Crippen LogP contribution in [0.1, 0.15) is 18.4 Å². The normalized spacial score (nSPS) is 14.2. The van der Waals surface area contributed by atoms with E-state index in [1.165, 1.54) is 0 Å². The first kappa shape index (κ1) is 13.7. The Hall–Kier alpha value is -1.39. The molecule has 17 heavy (non-hydrogen) atoms. The summed E-state index contributed by atoms with van der Waals surface area (Å²) in [7, 11) is 1.64. The Morgan fingerprint density at radius 1 is 1.35 bits per heavy atom. The van der Waals surface area contributed by atoms with Crippen LogP contribution >= 0.6 is 0 Å². The van der Waals surface area contributed by atoms with Crippen molar-refractivity contribution in [3.63, 3.8) is 0 Å². The van der Waals surface area contributed by atoms with E-state index in [1.807, 2.05) is 37.3 Å². The Kier molecular flexibility index (Phi) is 5.66. The fraction of sp³-hybridized carbons (Fsp3) is 0.462. The van der Waals surface area contributed by atoms with Gasteiger partial charge in [-0.05, 0) is 12.5 Å². The second kappa shape index (κ2) is 7.04. The minimum absolute atomic E-state index is 0.0835. The molecular formula is C13H19NO3. The van der Waals surface area contributed by atoms with Crippen LogP contribution in [0, 0.1) is 0 Å². The van der Waals surface area contributed by atoms with E-state index in [2.05, 4.69) is 5.32 Å². The molecule has 0 radical (unpaired) electrons. The van der Waals surface area contributed by atoms with Gasteiger partial charge in [-0.2, -0.15) is 0 Å². The maximum atomic E-state index is 11.2. The molecule has 0 bridgehead atoms. The molecule has 4 heteroatoms. The highest BCUT2D eigenvalue weighted by atomic mass is 16.5. The number of carboxylic acids is 1. The van der Waals surface area contributed by atoms with E-state index in [0.717, 1.165) is 5.56 Å². The van der Waals surface area contributed by atoms with Gasteiger partial charge in [0.2, 0.25) is 0 Å². The van der Waals surface area contributed by atoms with Crippen LogP contribution in [0.15, 0.2) is 30.3 Å². The first-order chi connectivity index (χ1) is 8.15. The quantitative estimate of drug-likeness (QED) is 0.754. The van der Waals surface area contributed by atoms with Crippen molar-refractivity contribution in [3.8, 4) is 0 Å². The van der Waals surface area contributed by atoms with Crippen LogP contribution in [0.25, 0.3) is 0 Å². The van der Waals surface area contributed by atoms with Crippen molar-refractivity contribution in [1.29, 1.82) is 0 Å². The van der Waals surface area contributed by atoms with E-state index in [9.17, 15) is 9.90 Å². The van der Waals surface area contributed by atoms with Crippen molar-refractivity contribution in [2.45, 2.75) is 18.9 Å². The van der Waals surface area contributed by atoms with Gasteiger partial charge < -0.3 is 15.2 Å². The Morgan fingerprint density at radius 2 is 2.00 bits per heavy atom. The van der Waals surface area contributed by atoms with Gasteiger partial charge in [0.15, 0.2) is 0 Å². The summed E-state index contributed by atoms with van der Waals surface area (Å²) in [4.78, 5) is 11.2. The summed E-state index contributed by atoms with van der Waals surface area (Å²) in [5, 5.41) is 12.3. The Labute approximate surface area is 102 Å². The third-order valence-electron chi connectivity index (χ3n) is 2.68. The Balaban J connectivity index is 2.54. The molecule has 2 atom stereocenters. The minimum Gasteiger partial charge on any atom is -0.481 e. The molecule has 0 saturated heterocycles. The van der Waals surface area contributed by atoms with Crippen LogP contribution in [0.5, 0.6) is 0 Å². The summed E-state index contributed by atoms with van der Waals surface area (Å²) >= 11 is 0. The zero-order valence-electron chi connectivity index (χ0n) is 10.2. The SMILES string of the molecule is COC(C)CNCC(C(=O)O)c1ccccc1. The van der Waals surface area contributed by atoms with Gasteiger partial charge in [-0.3, -0.25) is 4.79 Å². The molecule has 0 saturated carbocycles. The highest BCUT2D eigenvalue weighted by Gasteiger charge is 2.19. The third-order valence-corrected chi connectivity index (χ3v) is 2.68. The van der Waals surface area contributed by atoms with Crippen molar-refractivity contribution in [2.24, 2.45) is 0 Å². The highest BCUT2D eigenvalue weighted by molar-refractivity contribution is 5.76. The first-order valence-electron chi connectivity index (χ1n) is 5.66. The van der Waals surface area contributed by atoms with Crippen LogP contribution in [0.4, 0.5) is 0 Å². The van der Waals surface area contributed by atoms with Gasteiger partial charge in [0.1, 0.15) is 0 Å². The summed E-state index contributed by atoms with van der Waals surface area (Å²) in [6.07, 6.45) is 0.0835. The number of aliphatic carboxylic acids is 1. The maximum Gasteiger partial charge on any atom is 0.312 e. The van der Waals surface area contributed by atoms with Gasteiger partial charge in [0, 0.05) is 20.2 Å². The molecule has 0 fully saturated rings. The molecule has 0 aliphatic carbocycles. The van der Waals surface area contributed by atoms with E-state index in [-0.39, 0.29) is 6.10 Å². The molecule has 94 valence electrons. The molecule has 2 unspecified atom stereocenters. The fourth-order valence-corrected chi connectivity index (χ4v) is 1.55. The molecule has 1 aromatic carbocycles. The van der Waals surface area contributed by atoms with Gasteiger partial charge in [0.05, 0.1) is 12.0 Å². The zero-order chi connectivity index (χ0) is 12.7. The molecule has 0 spiro atoms. The highest BCUT2D eigenvalue weighted by Crippen LogP contribution is 2.14. The van der Waals surface area contributed by atoms with E-state index in [0.29, 0.717) is 13.1 Å². The molecule has 0 aromatic heterocycles. The third kappa shape index (κ3) is 4.54. The Morgan fingerprint density at radius 3 is 2.53 bits per heavy atom. The van der Waals surface area contributed by atoms with Crippen LogP contribution in [0.3, 0.4) is 0 Å². The van der Waals surface area contributed by atoms with Crippen LogP contribution in [-0.2, 0) is 9.53 Å². The minimum atomic E-state index is -0.811. The van der Waals surface area contributed by atoms with E-state index < -0.39 is 11.9 Å². The number of ether oxygens (including phenoxy) is 1. The largest absolute Gasteiger partial charge is 0.481 e. The van der Waals surface area contributed by atoms with E-state index in [1.54, 1.807) is 7.11 Å². The van der Waals surface area contributed by atoms with Crippen LogP contribution in [-0.4, -0.2) is 37.4 Å². The summed E-state index contributed by atoms with van der Waals surface area (Å²) in [6.45, 7) is 2.99. The van der Waals surface area contributed by atoms with Crippen molar-refractivity contribution in [1.82, 2.24) is 5.32 Å². The molecule has 2 N–H and O–H groups in total. The number of methoxy groups -OCH3 is 1. The maximum absolute atomic E-state index is 11.2. The second-order valence-electron chi connectivity index (χ2n) is 4.01. The molecule has 0 heterocycles. The van der Waals surface area contributed by atoms with Gasteiger partial charge in [-0.25, -0.2) is 0 Å². The predicted molar refractivity (Wildman–Crippen MR) is 66.2 cm³/mol. The number of hydrogen-bond donors (Lipinski definition) is 2. The first-order valence-corrected chi connectivity index (χ1v) is 5.66. The average Bonchev–Trinajstić information content (AvgIpc) is 2.34. The van der Waals surface area contributed by atoms with Crippen molar-refractivity contribution in [2.75, 3.05) is 20.2 Å². The lowest BCUT2D eigenvalue weighted by Crippen LogP contribution is -2.32. The standard InChI is InChI=1S/C13H19NO3/c1-10(17-2)8-14-9-12(13(15)16)11-6-4-3-5-7-11/h3-7,10,12,14H,8-9H2,1-2H3,(H,15,16). The van der Waals surface area contributed by atoms with Crippen LogP contribution in [0.2, 0.25) is 0 Å². The molecule has 1 aromatic rings. The summed E-state index contributed by atoms with van der Waals surface area (Å²) in [5.74, 6) is -1.32. The fourth-order valence-electron chi connectivity index (χ4n) is 1.55. The lowest BCUT2D eigenvalue weighted by atomic mass is 9.99. The number of benzene rings is 1. The van der Waals surface area contributed by atoms with Crippen molar-refractivity contribution >= 4 is 5.97 Å². The number of carboxylic acid groups (broad SMARTS) is 1. The average molecular weight is 237 g/mol. The number of carbonyl (C=O) groups is 1. The molecule has 4 nitrogen and oxygen atoms in total. The molecule has 1 rings (SSSR count). The van der Waals surface area contributed by atoms with Gasteiger partial charge >= 0.3 is 5.97 Å². The second-order valence-corrected chi connectivity index (χ2v) is 4.01. The van der Waals surface area contributed by atoms with Crippen molar-refractivity contribution in [3.05, 3.63) is 35.9 Å². The molecule has 0 amide bonds. The number of rotatable bonds is 7. The van der Waals surface area contributed by atoms with E-state index >= 15 is 0 Å². The topological polar surface area (TPSA) is 58.6 Å². The van der Waals surface area contributed by atoms with Gasteiger partial charge in [0.25, 0.3) is 0 Å². The number of nitrogens with one attached hydrogen (secondary N) is 1. The van der Waals surface area contributed by atoms with Gasteiger partial charge in [-0.15, -0.1) is 0 Å².